The summed E-state index contributed by atoms with van der Waals surface area (Å²) < 4.78 is 0.813. The molecule has 0 radical (unpaired) electrons. The Hall–Kier alpha value is -1.33. The third-order valence-electron chi connectivity index (χ3n) is 2.49. The molecule has 0 atom stereocenters. The molecule has 0 spiro atoms. The second kappa shape index (κ2) is 6.02. The number of phenolic OH excluding ortho intramolecular Hbond substituents is 1. The lowest BCUT2D eigenvalue weighted by molar-refractivity contribution is 0.0957. The predicted molar refractivity (Wildman–Crippen MR) is 76.2 cm³/mol. The SMILES string of the molecule is O=C(NCCc1ccccc1O)c1sccc1Br. The van der Waals surface area contributed by atoms with Crippen molar-refractivity contribution in [2.75, 3.05) is 6.54 Å². The van der Waals surface area contributed by atoms with Gasteiger partial charge in [-0.1, -0.05) is 18.2 Å². The number of para-hydroxylation sites is 1. The number of amides is 1. The summed E-state index contributed by atoms with van der Waals surface area (Å²) in [7, 11) is 0. The van der Waals surface area contributed by atoms with Crippen LogP contribution in [-0.4, -0.2) is 17.6 Å². The molecular weight excluding hydrogens is 314 g/mol. The second-order valence-electron chi connectivity index (χ2n) is 3.73. The van der Waals surface area contributed by atoms with Crippen LogP contribution in [0, 0.1) is 0 Å². The monoisotopic (exact) mass is 325 g/mol. The highest BCUT2D eigenvalue weighted by Crippen LogP contribution is 2.22. The van der Waals surface area contributed by atoms with Crippen LogP contribution in [0.2, 0.25) is 0 Å². The van der Waals surface area contributed by atoms with Crippen LogP contribution in [-0.2, 0) is 6.42 Å². The van der Waals surface area contributed by atoms with E-state index < -0.39 is 0 Å². The standard InChI is InChI=1S/C13H12BrNO2S/c14-10-6-8-18-12(10)13(17)15-7-5-9-3-1-2-4-11(9)16/h1-4,6,8,16H,5,7H2,(H,15,17). The molecule has 0 saturated carbocycles. The number of carbonyl (C=O) groups is 1. The Kier molecular flexibility index (Phi) is 4.38. The minimum atomic E-state index is -0.0905. The normalized spacial score (nSPS) is 10.3. The zero-order valence-electron chi connectivity index (χ0n) is 9.52. The maximum atomic E-state index is 11.8. The van der Waals surface area contributed by atoms with E-state index in [1.807, 2.05) is 23.6 Å². The second-order valence-corrected chi connectivity index (χ2v) is 5.50. The van der Waals surface area contributed by atoms with Gasteiger partial charge in [-0.05, 0) is 45.4 Å². The van der Waals surface area contributed by atoms with Gasteiger partial charge in [0.2, 0.25) is 0 Å². The maximum absolute atomic E-state index is 11.8. The van der Waals surface area contributed by atoms with Gasteiger partial charge >= 0.3 is 0 Å². The summed E-state index contributed by atoms with van der Waals surface area (Å²) >= 11 is 4.72. The average Bonchev–Trinajstić information content (AvgIpc) is 2.78. The highest BCUT2D eigenvalue weighted by Gasteiger charge is 2.10. The molecule has 5 heteroatoms. The van der Waals surface area contributed by atoms with Gasteiger partial charge in [-0.2, -0.15) is 0 Å². The first-order valence-corrected chi connectivity index (χ1v) is 7.14. The topological polar surface area (TPSA) is 49.3 Å². The molecule has 0 unspecified atom stereocenters. The minimum absolute atomic E-state index is 0.0905. The summed E-state index contributed by atoms with van der Waals surface area (Å²) in [5, 5.41) is 14.3. The minimum Gasteiger partial charge on any atom is -0.508 e. The largest absolute Gasteiger partial charge is 0.508 e. The van der Waals surface area contributed by atoms with E-state index in [4.69, 9.17) is 0 Å². The van der Waals surface area contributed by atoms with Crippen molar-refractivity contribution in [1.29, 1.82) is 0 Å². The molecule has 94 valence electrons. The number of benzene rings is 1. The molecule has 2 rings (SSSR count). The molecule has 0 aliphatic heterocycles. The number of thiophene rings is 1. The molecule has 1 amide bonds. The van der Waals surface area contributed by atoms with Crippen molar-refractivity contribution < 1.29 is 9.90 Å². The molecule has 0 fully saturated rings. The van der Waals surface area contributed by atoms with E-state index in [0.29, 0.717) is 17.8 Å². The number of aromatic hydroxyl groups is 1. The predicted octanol–water partition coefficient (Wildman–Crippen LogP) is 3.19. The molecule has 1 aromatic carbocycles. The number of nitrogens with one attached hydrogen (secondary N) is 1. The highest BCUT2D eigenvalue weighted by molar-refractivity contribution is 9.10. The lowest BCUT2D eigenvalue weighted by Crippen LogP contribution is -2.25. The Morgan fingerprint density at radius 3 is 2.78 bits per heavy atom. The van der Waals surface area contributed by atoms with Crippen LogP contribution in [0.5, 0.6) is 5.75 Å². The van der Waals surface area contributed by atoms with E-state index in [-0.39, 0.29) is 11.7 Å². The van der Waals surface area contributed by atoms with Gasteiger partial charge in [0.05, 0.1) is 0 Å². The Morgan fingerprint density at radius 1 is 1.33 bits per heavy atom. The quantitative estimate of drug-likeness (QED) is 0.907. The van der Waals surface area contributed by atoms with Crippen LogP contribution in [0.15, 0.2) is 40.2 Å². The summed E-state index contributed by atoms with van der Waals surface area (Å²) in [6, 6.07) is 8.99. The molecule has 0 aliphatic rings. The van der Waals surface area contributed by atoms with E-state index in [1.165, 1.54) is 11.3 Å². The first-order valence-electron chi connectivity index (χ1n) is 5.46. The first kappa shape index (κ1) is 13.1. The van der Waals surface area contributed by atoms with Crippen molar-refractivity contribution in [2.45, 2.75) is 6.42 Å². The van der Waals surface area contributed by atoms with Gasteiger partial charge in [0, 0.05) is 11.0 Å². The molecule has 3 nitrogen and oxygen atoms in total. The summed E-state index contributed by atoms with van der Waals surface area (Å²) in [6.07, 6.45) is 0.613. The third-order valence-corrected chi connectivity index (χ3v) is 4.33. The summed E-state index contributed by atoms with van der Waals surface area (Å²) in [4.78, 5) is 12.5. The maximum Gasteiger partial charge on any atom is 0.262 e. The van der Waals surface area contributed by atoms with E-state index >= 15 is 0 Å². The van der Waals surface area contributed by atoms with Crippen molar-refractivity contribution in [1.82, 2.24) is 5.32 Å². The van der Waals surface area contributed by atoms with Crippen LogP contribution >= 0.6 is 27.3 Å². The molecule has 18 heavy (non-hydrogen) atoms. The molecule has 0 bridgehead atoms. The van der Waals surface area contributed by atoms with Crippen LogP contribution in [0.3, 0.4) is 0 Å². The molecular formula is C13H12BrNO2S. The number of phenols is 1. The van der Waals surface area contributed by atoms with Gasteiger partial charge in [-0.25, -0.2) is 0 Å². The van der Waals surface area contributed by atoms with Gasteiger partial charge < -0.3 is 10.4 Å². The van der Waals surface area contributed by atoms with Crippen molar-refractivity contribution in [3.05, 3.63) is 50.6 Å². The number of carbonyl (C=O) groups excluding carboxylic acids is 1. The molecule has 0 saturated heterocycles. The lowest BCUT2D eigenvalue weighted by Gasteiger charge is -2.06. The number of hydrogen-bond donors (Lipinski definition) is 2. The Labute approximate surface area is 118 Å². The molecule has 1 aromatic heterocycles. The van der Waals surface area contributed by atoms with Crippen molar-refractivity contribution in [2.24, 2.45) is 0 Å². The fraction of sp³-hybridized carbons (Fsp3) is 0.154. The zero-order chi connectivity index (χ0) is 13.0. The van der Waals surface area contributed by atoms with Gasteiger partial charge in [-0.15, -0.1) is 11.3 Å². The van der Waals surface area contributed by atoms with E-state index in [0.717, 1.165) is 10.0 Å². The van der Waals surface area contributed by atoms with Crippen LogP contribution < -0.4 is 5.32 Å². The van der Waals surface area contributed by atoms with E-state index in [9.17, 15) is 9.90 Å². The number of halogens is 1. The lowest BCUT2D eigenvalue weighted by atomic mass is 10.1. The number of rotatable bonds is 4. The van der Waals surface area contributed by atoms with Gasteiger partial charge in [0.15, 0.2) is 0 Å². The molecule has 0 aliphatic carbocycles. The van der Waals surface area contributed by atoms with E-state index in [1.54, 1.807) is 12.1 Å². The smallest absolute Gasteiger partial charge is 0.262 e. The van der Waals surface area contributed by atoms with Gasteiger partial charge in [0.1, 0.15) is 10.6 Å². The number of hydrogen-bond acceptors (Lipinski definition) is 3. The Morgan fingerprint density at radius 2 is 2.11 bits per heavy atom. The first-order chi connectivity index (χ1) is 8.68. The van der Waals surface area contributed by atoms with E-state index in [2.05, 4.69) is 21.2 Å². The Balaban J connectivity index is 1.88. The van der Waals surface area contributed by atoms with Crippen molar-refractivity contribution >= 4 is 33.2 Å². The zero-order valence-corrected chi connectivity index (χ0v) is 11.9. The molecule has 2 aromatic rings. The van der Waals surface area contributed by atoms with Crippen molar-refractivity contribution in [3.8, 4) is 5.75 Å². The fourth-order valence-electron chi connectivity index (χ4n) is 1.57. The van der Waals surface area contributed by atoms with Crippen molar-refractivity contribution in [3.63, 3.8) is 0 Å². The van der Waals surface area contributed by atoms with Gasteiger partial charge in [-0.3, -0.25) is 4.79 Å². The highest BCUT2D eigenvalue weighted by atomic mass is 79.9. The molecule has 2 N–H and O–H groups in total. The van der Waals surface area contributed by atoms with Crippen LogP contribution in [0.1, 0.15) is 15.2 Å². The van der Waals surface area contributed by atoms with Crippen LogP contribution in [0.25, 0.3) is 0 Å². The van der Waals surface area contributed by atoms with Crippen LogP contribution in [0.4, 0.5) is 0 Å². The third kappa shape index (κ3) is 3.11. The average molecular weight is 326 g/mol. The Bertz CT molecular complexity index is 553. The molecule has 1 heterocycles. The summed E-state index contributed by atoms with van der Waals surface area (Å²) in [5.74, 6) is 0.177. The fourth-order valence-corrected chi connectivity index (χ4v) is 3.04. The van der Waals surface area contributed by atoms with Gasteiger partial charge in [0.25, 0.3) is 5.91 Å². The summed E-state index contributed by atoms with van der Waals surface area (Å²) in [5.41, 5.74) is 0.836. The summed E-state index contributed by atoms with van der Waals surface area (Å²) in [6.45, 7) is 0.501.